The number of hydrogen-bond donors (Lipinski definition) is 5. The molecule has 0 aliphatic rings. The van der Waals surface area contributed by atoms with Crippen LogP contribution in [0.5, 0.6) is 0 Å². The first-order valence-electron chi connectivity index (χ1n) is 6.55. The zero-order chi connectivity index (χ0) is 19.2. The van der Waals surface area contributed by atoms with Crippen molar-refractivity contribution >= 4 is 36.5 Å². The Morgan fingerprint density at radius 1 is 1.28 bits per heavy atom. The van der Waals surface area contributed by atoms with E-state index in [-0.39, 0.29) is 5.82 Å². The van der Waals surface area contributed by atoms with Gasteiger partial charge < -0.3 is 35.0 Å². The van der Waals surface area contributed by atoms with Crippen LogP contribution in [-0.4, -0.2) is 63.9 Å². The summed E-state index contributed by atoms with van der Waals surface area (Å²) in [5.74, 6) is -3.36. The minimum atomic E-state index is -4.16. The monoisotopic (exact) mass is 377 g/mol. The van der Waals surface area contributed by atoms with Crippen LogP contribution in [0.25, 0.3) is 11.2 Å². The molecule has 2 heterocycles. The number of imidazole rings is 1. The largest absolute Gasteiger partial charge is 0.473 e. The van der Waals surface area contributed by atoms with Gasteiger partial charge in [-0.15, -0.1) is 0 Å². The van der Waals surface area contributed by atoms with Crippen LogP contribution in [0.3, 0.4) is 0 Å². The summed E-state index contributed by atoms with van der Waals surface area (Å²) < 4.78 is 17.5. The molecule has 0 spiro atoms. The zero-order valence-corrected chi connectivity index (χ0v) is 13.8. The van der Waals surface area contributed by atoms with Crippen molar-refractivity contribution in [3.8, 4) is 0 Å². The number of ether oxygens (including phenoxy) is 1. The molecule has 0 bridgehead atoms. The van der Waals surface area contributed by atoms with Gasteiger partial charge >= 0.3 is 19.5 Å². The van der Waals surface area contributed by atoms with E-state index in [1.54, 1.807) is 11.5 Å². The lowest BCUT2D eigenvalue weighted by Crippen LogP contribution is -2.17. The predicted octanol–water partition coefficient (Wildman–Crippen LogP) is -0.896. The first-order chi connectivity index (χ1) is 11.5. The first kappa shape index (κ1) is 20.4. The van der Waals surface area contributed by atoms with E-state index < -0.39 is 32.0 Å². The van der Waals surface area contributed by atoms with Crippen LogP contribution in [-0.2, 0) is 25.4 Å². The normalized spacial score (nSPS) is 12.3. The van der Waals surface area contributed by atoms with Gasteiger partial charge in [0.1, 0.15) is 18.2 Å². The predicted molar refractivity (Wildman–Crippen MR) is 82.5 cm³/mol. The number of rotatable bonds is 5. The third-order valence-electron chi connectivity index (χ3n) is 2.59. The van der Waals surface area contributed by atoms with Gasteiger partial charge in [0.25, 0.3) is 0 Å². The molecule has 0 aromatic carbocycles. The number of carboxylic acids is 2. The SMILES string of the molecule is CC(Cn1cnc2c(N)ncnc21)OCP(=O)(O)O.O=C(O)C(=O)O. The summed E-state index contributed by atoms with van der Waals surface area (Å²) in [5, 5.41) is 14.8. The summed E-state index contributed by atoms with van der Waals surface area (Å²) in [6.45, 7) is 2.05. The number of nitrogens with zero attached hydrogens (tertiary/aromatic N) is 4. The van der Waals surface area contributed by atoms with Gasteiger partial charge in [-0.05, 0) is 6.92 Å². The molecule has 2 rings (SSSR count). The minimum absolute atomic E-state index is 0.285. The summed E-state index contributed by atoms with van der Waals surface area (Å²) >= 11 is 0. The van der Waals surface area contributed by atoms with Crippen LogP contribution in [0, 0.1) is 0 Å². The van der Waals surface area contributed by atoms with E-state index in [4.69, 9.17) is 40.1 Å². The average Bonchev–Trinajstić information content (AvgIpc) is 2.90. The fourth-order valence-corrected chi connectivity index (χ4v) is 2.04. The van der Waals surface area contributed by atoms with Crippen LogP contribution >= 0.6 is 7.60 Å². The molecule has 0 saturated carbocycles. The summed E-state index contributed by atoms with van der Waals surface area (Å²) in [6, 6.07) is 0. The molecule has 0 aliphatic carbocycles. The van der Waals surface area contributed by atoms with Crippen molar-refractivity contribution in [3.63, 3.8) is 0 Å². The Morgan fingerprint density at radius 2 is 1.88 bits per heavy atom. The second-order valence-corrected chi connectivity index (χ2v) is 6.30. The number of nitrogen functional groups attached to an aromatic ring is 1. The van der Waals surface area contributed by atoms with Crippen LogP contribution in [0.1, 0.15) is 6.92 Å². The molecule has 138 valence electrons. The molecular weight excluding hydrogens is 361 g/mol. The summed E-state index contributed by atoms with van der Waals surface area (Å²) in [5.41, 5.74) is 6.70. The van der Waals surface area contributed by atoms with Gasteiger partial charge in [0.05, 0.1) is 19.0 Å². The van der Waals surface area contributed by atoms with Gasteiger partial charge in [-0.1, -0.05) is 0 Å². The highest BCUT2D eigenvalue weighted by molar-refractivity contribution is 7.51. The zero-order valence-electron chi connectivity index (χ0n) is 12.9. The topological polar surface area (TPSA) is 211 Å². The Balaban J connectivity index is 0.000000450. The van der Waals surface area contributed by atoms with Gasteiger partial charge in [-0.3, -0.25) is 4.57 Å². The Bertz CT molecular complexity index is 791. The van der Waals surface area contributed by atoms with E-state index in [2.05, 4.69) is 15.0 Å². The number of aliphatic carboxylic acids is 2. The molecule has 0 amide bonds. The fraction of sp³-hybridized carbons (Fsp3) is 0.364. The van der Waals surface area contributed by atoms with E-state index >= 15 is 0 Å². The molecule has 0 saturated heterocycles. The molecule has 2 aromatic rings. The summed E-state index contributed by atoms with van der Waals surface area (Å²) in [6.07, 6.45) is 1.85. The highest BCUT2D eigenvalue weighted by atomic mass is 31.2. The highest BCUT2D eigenvalue weighted by Crippen LogP contribution is 2.34. The Labute approximate surface area is 140 Å². The molecule has 13 nitrogen and oxygen atoms in total. The first-order valence-corrected chi connectivity index (χ1v) is 8.34. The average molecular weight is 377 g/mol. The summed E-state index contributed by atoms with van der Waals surface area (Å²) in [4.78, 5) is 47.6. The number of carboxylic acid groups (broad SMARTS) is 2. The van der Waals surface area contributed by atoms with Crippen molar-refractivity contribution in [2.75, 3.05) is 12.1 Å². The van der Waals surface area contributed by atoms with Gasteiger partial charge in [-0.2, -0.15) is 0 Å². The second-order valence-electron chi connectivity index (χ2n) is 4.71. The van der Waals surface area contributed by atoms with Gasteiger partial charge in [0.15, 0.2) is 11.5 Å². The third kappa shape index (κ3) is 6.81. The van der Waals surface area contributed by atoms with Gasteiger partial charge in [0, 0.05) is 0 Å². The molecular formula is C11H16N5O8P. The Kier molecular flexibility index (Phi) is 6.94. The lowest BCUT2D eigenvalue weighted by molar-refractivity contribution is -0.159. The maximum Gasteiger partial charge on any atom is 0.414 e. The maximum atomic E-state index is 10.7. The molecule has 0 aliphatic heterocycles. The van der Waals surface area contributed by atoms with E-state index in [9.17, 15) is 4.57 Å². The molecule has 0 fully saturated rings. The van der Waals surface area contributed by atoms with E-state index in [1.165, 1.54) is 12.7 Å². The van der Waals surface area contributed by atoms with Crippen LogP contribution < -0.4 is 5.73 Å². The van der Waals surface area contributed by atoms with Crippen LogP contribution in [0.4, 0.5) is 5.82 Å². The smallest absolute Gasteiger partial charge is 0.414 e. The fourth-order valence-electron chi connectivity index (χ4n) is 1.59. The number of nitrogens with two attached hydrogens (primary N) is 1. The van der Waals surface area contributed by atoms with Crippen molar-refractivity contribution in [1.29, 1.82) is 0 Å². The van der Waals surface area contributed by atoms with Crippen molar-refractivity contribution in [1.82, 2.24) is 19.5 Å². The van der Waals surface area contributed by atoms with Crippen LogP contribution in [0.15, 0.2) is 12.7 Å². The minimum Gasteiger partial charge on any atom is -0.473 e. The number of hydrogen-bond acceptors (Lipinski definition) is 8. The maximum absolute atomic E-state index is 10.7. The van der Waals surface area contributed by atoms with Crippen molar-refractivity contribution in [2.24, 2.45) is 0 Å². The Morgan fingerprint density at radius 3 is 2.40 bits per heavy atom. The highest BCUT2D eigenvalue weighted by Gasteiger charge is 2.16. The van der Waals surface area contributed by atoms with E-state index in [0.717, 1.165) is 0 Å². The molecule has 14 heteroatoms. The Hall–Kier alpha value is -2.60. The van der Waals surface area contributed by atoms with Crippen molar-refractivity contribution in [2.45, 2.75) is 19.6 Å². The lowest BCUT2D eigenvalue weighted by Gasteiger charge is -2.14. The lowest BCUT2D eigenvalue weighted by atomic mass is 10.4. The number of carbonyl (C=O) groups is 2. The quantitative estimate of drug-likeness (QED) is 0.317. The van der Waals surface area contributed by atoms with Crippen LogP contribution in [0.2, 0.25) is 0 Å². The molecule has 0 radical (unpaired) electrons. The second kappa shape index (κ2) is 8.48. The van der Waals surface area contributed by atoms with Crippen molar-refractivity contribution in [3.05, 3.63) is 12.7 Å². The summed E-state index contributed by atoms with van der Waals surface area (Å²) in [7, 11) is -4.16. The van der Waals surface area contributed by atoms with Gasteiger partial charge in [-0.25, -0.2) is 24.5 Å². The molecule has 1 atom stereocenters. The molecule has 6 N–H and O–H groups in total. The molecule has 2 aromatic heterocycles. The number of anilines is 1. The molecule has 1 unspecified atom stereocenters. The van der Waals surface area contributed by atoms with Crippen molar-refractivity contribution < 1.29 is 38.9 Å². The number of fused-ring (bicyclic) bond motifs is 1. The standard InChI is InChI=1S/C9H14N5O4P.C2H2O4/c1-6(18-5-19(15,16)17)2-14-4-13-7-8(10)11-3-12-9(7)14;3-1(4)2(5)6/h3-4,6H,2,5H2,1H3,(H2,10,11,12)(H2,15,16,17);(H,3,4)(H,5,6). The molecule has 25 heavy (non-hydrogen) atoms. The van der Waals surface area contributed by atoms with E-state index in [1.807, 2.05) is 0 Å². The van der Waals surface area contributed by atoms with Gasteiger partial charge in [0.2, 0.25) is 0 Å². The number of aromatic nitrogens is 4. The van der Waals surface area contributed by atoms with E-state index in [0.29, 0.717) is 17.7 Å². The third-order valence-corrected chi connectivity index (χ3v) is 3.08.